The third-order valence-corrected chi connectivity index (χ3v) is 23.7. The lowest BCUT2D eigenvalue weighted by Gasteiger charge is -2.39. The van der Waals surface area contributed by atoms with Crippen LogP contribution in [-0.4, -0.2) is 19.9 Å². The first-order chi connectivity index (χ1) is 53.7. The Hall–Kier alpha value is -13.9. The minimum atomic E-state index is -0.528. The van der Waals surface area contributed by atoms with Crippen LogP contribution < -0.4 is 9.47 Å². The SMILES string of the molecule is CC1(C)c2cc(-c3ccc(-c4nc(-c5ccccc5)cc(-c5cccc(-c6ccc7c(c6)Oc6ccccc6C76c7ccccc7-c7ccccc76)c5)n4)cc3)ccc2-c2ccc(-c3cc(-c4ccc(-c5ccc6c(c5)Oc5ccccc5C65c6ccccc6-c6ccccc65)cc4)nc(-c4ccccc4)n3)cc21. The van der Waals surface area contributed by atoms with Crippen LogP contribution in [0.4, 0.5) is 0 Å². The number of fused-ring (bicyclic) bond motifs is 21. The standard InChI is InChI=1S/C103H66N4O2/c1-101(2)89-57-70(63-42-46-68(47-43-63)100-104-91(65-22-5-3-6-23-65)61-93(106-100)73-27-21-26-69(56-73)72-51-55-88-98(60-72)109-96-39-20-18-37-86(96)103(88)83-34-15-11-30-77(83)78-31-12-16-35-84(78)103)48-52-79(89)80-53-49-74(58-90(80)101)94-62-92(105-99(107-94)67-24-7-4-8-25-67)66-44-40-64(41-45-66)71-50-54-87-97(59-71)108-95-38-19-17-36-85(95)102(87)81-32-13-9-28-75(81)76-29-10-14-33-82(76)102/h3-62H,1-2H3. The van der Waals surface area contributed by atoms with Crippen LogP contribution in [0, 0.1) is 0 Å². The first-order valence-corrected chi connectivity index (χ1v) is 37.5. The average molecular weight is 1390 g/mol. The van der Waals surface area contributed by atoms with E-state index in [9.17, 15) is 0 Å². The van der Waals surface area contributed by atoms with Crippen molar-refractivity contribution in [3.8, 4) is 158 Å². The van der Waals surface area contributed by atoms with E-state index in [-0.39, 0.29) is 5.41 Å². The van der Waals surface area contributed by atoms with Crippen molar-refractivity contribution in [1.82, 2.24) is 19.9 Å². The fourth-order valence-electron chi connectivity index (χ4n) is 18.6. The van der Waals surface area contributed by atoms with E-state index in [2.05, 4.69) is 366 Å². The normalized spacial score (nSPS) is 14.0. The highest BCUT2D eigenvalue weighted by molar-refractivity contribution is 5.93. The van der Waals surface area contributed by atoms with Gasteiger partial charge in [-0.1, -0.05) is 323 Å². The number of rotatable bonds is 9. The topological polar surface area (TPSA) is 70.0 Å². The Morgan fingerprint density at radius 2 is 0.468 bits per heavy atom. The van der Waals surface area contributed by atoms with Crippen molar-refractivity contribution >= 4 is 0 Å². The number of hydrogen-bond donors (Lipinski definition) is 0. The molecule has 0 radical (unpaired) electrons. The van der Waals surface area contributed by atoms with Gasteiger partial charge in [0.25, 0.3) is 0 Å². The maximum Gasteiger partial charge on any atom is 0.160 e. The van der Waals surface area contributed by atoms with Gasteiger partial charge in [0, 0.05) is 61.0 Å². The fourth-order valence-corrected chi connectivity index (χ4v) is 18.6. The molecule has 0 bridgehead atoms. The van der Waals surface area contributed by atoms with Gasteiger partial charge in [0.05, 0.1) is 33.6 Å². The van der Waals surface area contributed by atoms with E-state index in [1.165, 1.54) is 66.8 Å². The summed E-state index contributed by atoms with van der Waals surface area (Å²) in [5.74, 6) is 4.79. The van der Waals surface area contributed by atoms with Gasteiger partial charge in [0.15, 0.2) is 11.6 Å². The van der Waals surface area contributed by atoms with Crippen molar-refractivity contribution in [1.29, 1.82) is 0 Å². The summed E-state index contributed by atoms with van der Waals surface area (Å²) in [6.45, 7) is 4.70. The van der Waals surface area contributed by atoms with Crippen molar-refractivity contribution < 1.29 is 9.47 Å². The van der Waals surface area contributed by atoms with E-state index in [0.717, 1.165) is 135 Å². The van der Waals surface area contributed by atoms with E-state index < -0.39 is 10.8 Å². The van der Waals surface area contributed by atoms with Gasteiger partial charge in [-0.15, -0.1) is 0 Å². The molecule has 510 valence electrons. The van der Waals surface area contributed by atoms with Gasteiger partial charge in [-0.25, -0.2) is 19.9 Å². The fraction of sp³-hybridized carbons (Fsp3) is 0.0485. The van der Waals surface area contributed by atoms with Crippen LogP contribution in [0.1, 0.15) is 69.5 Å². The van der Waals surface area contributed by atoms with Gasteiger partial charge < -0.3 is 9.47 Å². The molecule has 0 N–H and O–H groups in total. The molecular weight excluding hydrogens is 1330 g/mol. The second-order valence-corrected chi connectivity index (χ2v) is 29.8. The smallest absolute Gasteiger partial charge is 0.160 e. The molecule has 2 aromatic heterocycles. The number of ether oxygens (including phenoxy) is 2. The van der Waals surface area contributed by atoms with Crippen molar-refractivity contribution in [2.45, 2.75) is 30.1 Å². The molecule has 0 amide bonds. The van der Waals surface area contributed by atoms with Crippen LogP contribution in [-0.2, 0) is 16.2 Å². The molecule has 22 rings (SSSR count). The molecule has 5 aliphatic rings. The van der Waals surface area contributed by atoms with Crippen molar-refractivity contribution in [2.75, 3.05) is 0 Å². The lowest BCUT2D eigenvalue weighted by atomic mass is 9.66. The maximum absolute atomic E-state index is 6.94. The zero-order valence-electron chi connectivity index (χ0n) is 59.7. The second kappa shape index (κ2) is 24.0. The second-order valence-electron chi connectivity index (χ2n) is 29.8. The van der Waals surface area contributed by atoms with Crippen molar-refractivity contribution in [2.24, 2.45) is 0 Å². The molecule has 4 heterocycles. The summed E-state index contributed by atoms with van der Waals surface area (Å²) in [6, 6.07) is 131. The molecule has 17 aromatic rings. The molecule has 2 spiro atoms. The molecule has 109 heavy (non-hydrogen) atoms. The Morgan fingerprint density at radius 1 is 0.183 bits per heavy atom. The highest BCUT2D eigenvalue weighted by atomic mass is 16.5. The minimum Gasteiger partial charge on any atom is -0.457 e. The van der Waals surface area contributed by atoms with Gasteiger partial charge in [0.2, 0.25) is 0 Å². The molecule has 15 aromatic carbocycles. The Balaban J connectivity index is 0.557. The number of nitrogens with zero attached hydrogens (tertiary/aromatic N) is 4. The summed E-state index contributed by atoms with van der Waals surface area (Å²) in [6.07, 6.45) is 0. The number of para-hydroxylation sites is 2. The maximum atomic E-state index is 6.94. The van der Waals surface area contributed by atoms with Gasteiger partial charge in [-0.3, -0.25) is 0 Å². The Labute approximate surface area is 632 Å². The van der Waals surface area contributed by atoms with E-state index in [4.69, 9.17) is 29.4 Å². The predicted octanol–water partition coefficient (Wildman–Crippen LogP) is 25.5. The van der Waals surface area contributed by atoms with Crippen LogP contribution in [0.15, 0.2) is 364 Å². The monoisotopic (exact) mass is 1390 g/mol. The van der Waals surface area contributed by atoms with Gasteiger partial charge in [0.1, 0.15) is 23.0 Å². The Kier molecular flexibility index (Phi) is 13.8. The lowest BCUT2D eigenvalue weighted by molar-refractivity contribution is 0.436. The van der Waals surface area contributed by atoms with Crippen LogP contribution >= 0.6 is 0 Å². The Morgan fingerprint density at radius 3 is 0.954 bits per heavy atom. The molecule has 3 aliphatic carbocycles. The van der Waals surface area contributed by atoms with Gasteiger partial charge in [-0.05, 0) is 155 Å². The number of hydrogen-bond acceptors (Lipinski definition) is 6. The minimum absolute atomic E-state index is 0.320. The van der Waals surface area contributed by atoms with Gasteiger partial charge >= 0.3 is 0 Å². The Bertz CT molecular complexity index is 6550. The first kappa shape index (κ1) is 62.4. The quantitative estimate of drug-likeness (QED) is 0.143. The summed E-state index contributed by atoms with van der Waals surface area (Å²) in [4.78, 5) is 21.3. The zero-order valence-corrected chi connectivity index (χ0v) is 59.7. The van der Waals surface area contributed by atoms with Crippen molar-refractivity contribution in [3.63, 3.8) is 0 Å². The lowest BCUT2D eigenvalue weighted by Crippen LogP contribution is -2.32. The van der Waals surface area contributed by atoms with Crippen LogP contribution in [0.25, 0.3) is 135 Å². The highest BCUT2D eigenvalue weighted by Crippen LogP contribution is 2.65. The summed E-state index contributed by atoms with van der Waals surface area (Å²) >= 11 is 0. The largest absolute Gasteiger partial charge is 0.457 e. The van der Waals surface area contributed by atoms with Crippen LogP contribution in [0.2, 0.25) is 0 Å². The molecule has 0 saturated carbocycles. The molecule has 0 fully saturated rings. The summed E-state index contributed by atoms with van der Waals surface area (Å²) in [5, 5.41) is 0. The molecule has 0 unspecified atom stereocenters. The summed E-state index contributed by atoms with van der Waals surface area (Å²) in [7, 11) is 0. The highest BCUT2D eigenvalue weighted by Gasteiger charge is 2.53. The molecule has 2 aliphatic heterocycles. The zero-order chi connectivity index (χ0) is 72.1. The molecule has 6 heteroatoms. The summed E-state index contributed by atoms with van der Waals surface area (Å²) in [5.41, 5.74) is 34.3. The summed E-state index contributed by atoms with van der Waals surface area (Å²) < 4.78 is 13.8. The molecule has 0 atom stereocenters. The van der Waals surface area contributed by atoms with Crippen LogP contribution in [0.5, 0.6) is 23.0 Å². The number of benzene rings is 15. The van der Waals surface area contributed by atoms with E-state index >= 15 is 0 Å². The molecule has 6 nitrogen and oxygen atoms in total. The van der Waals surface area contributed by atoms with E-state index in [1.807, 2.05) is 12.1 Å². The van der Waals surface area contributed by atoms with Gasteiger partial charge in [-0.2, -0.15) is 0 Å². The molecular formula is C103H66N4O2. The van der Waals surface area contributed by atoms with Crippen LogP contribution in [0.3, 0.4) is 0 Å². The third kappa shape index (κ3) is 9.47. The number of aromatic nitrogens is 4. The average Bonchev–Trinajstić information content (AvgIpc) is 1.56. The molecule has 0 saturated heterocycles. The van der Waals surface area contributed by atoms with E-state index in [0.29, 0.717) is 11.6 Å². The first-order valence-electron chi connectivity index (χ1n) is 37.5. The third-order valence-electron chi connectivity index (χ3n) is 23.7. The van der Waals surface area contributed by atoms with Crippen molar-refractivity contribution in [3.05, 3.63) is 420 Å². The predicted molar refractivity (Wildman–Crippen MR) is 439 cm³/mol. The van der Waals surface area contributed by atoms with E-state index in [1.54, 1.807) is 0 Å².